The maximum absolute atomic E-state index is 10.9. The van der Waals surface area contributed by atoms with Crippen molar-refractivity contribution in [3.05, 3.63) is 23.8 Å². The topological polar surface area (TPSA) is 83.8 Å². The first-order chi connectivity index (χ1) is 7.69. The van der Waals surface area contributed by atoms with Gasteiger partial charge in [-0.05, 0) is 30.7 Å². The fourth-order valence-electron chi connectivity index (χ4n) is 1.60. The maximum atomic E-state index is 10.9. The summed E-state index contributed by atoms with van der Waals surface area (Å²) in [6, 6.07) is 5.92. The van der Waals surface area contributed by atoms with Crippen LogP contribution in [0.25, 0.3) is 11.0 Å². The Morgan fingerprint density at radius 2 is 2.38 bits per heavy atom. The Labute approximate surface area is 93.1 Å². The SMILES string of the molecule is CC(=O)Nc1nc2cc(CCN)ccc2[nH]1. The molecular weight excluding hydrogens is 204 g/mol. The van der Waals surface area contributed by atoms with Crippen LogP contribution in [0.15, 0.2) is 18.2 Å². The second-order valence-corrected chi connectivity index (χ2v) is 3.66. The van der Waals surface area contributed by atoms with Crippen molar-refractivity contribution in [1.29, 1.82) is 0 Å². The van der Waals surface area contributed by atoms with Crippen LogP contribution in [0.5, 0.6) is 0 Å². The van der Waals surface area contributed by atoms with Crippen molar-refractivity contribution in [2.24, 2.45) is 5.73 Å². The number of amides is 1. The number of nitrogens with zero attached hydrogens (tertiary/aromatic N) is 1. The smallest absolute Gasteiger partial charge is 0.223 e. The lowest BCUT2D eigenvalue weighted by molar-refractivity contribution is -0.114. The number of nitrogens with two attached hydrogens (primary N) is 1. The van der Waals surface area contributed by atoms with Crippen molar-refractivity contribution in [3.63, 3.8) is 0 Å². The van der Waals surface area contributed by atoms with Crippen molar-refractivity contribution in [3.8, 4) is 0 Å². The van der Waals surface area contributed by atoms with Gasteiger partial charge in [0.2, 0.25) is 11.9 Å². The van der Waals surface area contributed by atoms with Gasteiger partial charge in [0.15, 0.2) is 0 Å². The summed E-state index contributed by atoms with van der Waals surface area (Å²) in [4.78, 5) is 18.2. The molecule has 4 N–H and O–H groups in total. The van der Waals surface area contributed by atoms with Gasteiger partial charge in [-0.3, -0.25) is 10.1 Å². The molecule has 1 aromatic heterocycles. The first-order valence-corrected chi connectivity index (χ1v) is 5.15. The molecule has 0 aliphatic rings. The molecule has 0 fully saturated rings. The number of aromatic amines is 1. The minimum Gasteiger partial charge on any atom is -0.330 e. The molecule has 2 rings (SSSR count). The fourth-order valence-corrected chi connectivity index (χ4v) is 1.60. The highest BCUT2D eigenvalue weighted by molar-refractivity contribution is 5.89. The van der Waals surface area contributed by atoms with E-state index in [1.54, 1.807) is 0 Å². The minimum absolute atomic E-state index is 0.138. The molecule has 0 radical (unpaired) electrons. The monoisotopic (exact) mass is 218 g/mol. The van der Waals surface area contributed by atoms with Gasteiger partial charge in [0.05, 0.1) is 11.0 Å². The number of hydrogen-bond donors (Lipinski definition) is 3. The summed E-state index contributed by atoms with van der Waals surface area (Å²) in [6.45, 7) is 2.07. The number of aromatic nitrogens is 2. The first-order valence-electron chi connectivity index (χ1n) is 5.15. The third-order valence-electron chi connectivity index (χ3n) is 2.27. The number of anilines is 1. The Morgan fingerprint density at radius 1 is 1.56 bits per heavy atom. The Hall–Kier alpha value is -1.88. The van der Waals surface area contributed by atoms with E-state index in [1.807, 2.05) is 18.2 Å². The van der Waals surface area contributed by atoms with E-state index in [4.69, 9.17) is 5.73 Å². The van der Waals surface area contributed by atoms with E-state index >= 15 is 0 Å². The third-order valence-corrected chi connectivity index (χ3v) is 2.27. The van der Waals surface area contributed by atoms with Gasteiger partial charge in [-0.2, -0.15) is 0 Å². The van der Waals surface area contributed by atoms with Gasteiger partial charge in [0.1, 0.15) is 0 Å². The zero-order valence-electron chi connectivity index (χ0n) is 9.08. The Kier molecular flexibility index (Phi) is 2.87. The number of benzene rings is 1. The molecule has 5 heteroatoms. The minimum atomic E-state index is -0.138. The van der Waals surface area contributed by atoms with Crippen LogP contribution in [-0.2, 0) is 11.2 Å². The molecular formula is C11H14N4O. The normalized spacial score (nSPS) is 10.6. The quantitative estimate of drug-likeness (QED) is 0.719. The van der Waals surface area contributed by atoms with Crippen LogP contribution in [0.2, 0.25) is 0 Å². The third kappa shape index (κ3) is 2.20. The van der Waals surface area contributed by atoms with E-state index in [0.29, 0.717) is 12.5 Å². The Bertz CT molecular complexity index is 518. The summed E-state index contributed by atoms with van der Waals surface area (Å²) in [6.07, 6.45) is 0.832. The van der Waals surface area contributed by atoms with Gasteiger partial charge in [0, 0.05) is 6.92 Å². The Balaban J connectivity index is 2.34. The predicted octanol–water partition coefficient (Wildman–Crippen LogP) is 1.02. The molecule has 1 heterocycles. The number of hydrogen-bond acceptors (Lipinski definition) is 3. The lowest BCUT2D eigenvalue weighted by Gasteiger charge is -1.96. The summed E-state index contributed by atoms with van der Waals surface area (Å²) in [5, 5.41) is 2.62. The number of nitrogens with one attached hydrogen (secondary N) is 2. The maximum Gasteiger partial charge on any atom is 0.223 e. The molecule has 16 heavy (non-hydrogen) atoms. The van der Waals surface area contributed by atoms with Gasteiger partial charge < -0.3 is 10.7 Å². The summed E-state index contributed by atoms with van der Waals surface area (Å²) in [5.41, 5.74) is 8.39. The second kappa shape index (κ2) is 4.32. The van der Waals surface area contributed by atoms with Crippen LogP contribution < -0.4 is 11.1 Å². The van der Waals surface area contributed by atoms with Crippen LogP contribution in [-0.4, -0.2) is 22.4 Å². The number of imidazole rings is 1. The van der Waals surface area contributed by atoms with Crippen LogP contribution in [0, 0.1) is 0 Å². The standard InChI is InChI=1S/C11H14N4O/c1-7(16)13-11-14-9-3-2-8(4-5-12)6-10(9)15-11/h2-3,6H,4-5,12H2,1H3,(H2,13,14,15,16). The lowest BCUT2D eigenvalue weighted by Crippen LogP contribution is -2.06. The number of fused-ring (bicyclic) bond motifs is 1. The average molecular weight is 218 g/mol. The number of rotatable bonds is 3. The zero-order chi connectivity index (χ0) is 11.5. The van der Waals surface area contributed by atoms with Crippen molar-refractivity contribution >= 4 is 22.9 Å². The van der Waals surface area contributed by atoms with E-state index in [9.17, 15) is 4.79 Å². The zero-order valence-corrected chi connectivity index (χ0v) is 9.08. The van der Waals surface area contributed by atoms with E-state index in [1.165, 1.54) is 6.92 Å². The van der Waals surface area contributed by atoms with Crippen LogP contribution >= 0.6 is 0 Å². The van der Waals surface area contributed by atoms with Crippen LogP contribution in [0.4, 0.5) is 5.95 Å². The molecule has 0 aliphatic carbocycles. The van der Waals surface area contributed by atoms with E-state index in [-0.39, 0.29) is 5.91 Å². The van der Waals surface area contributed by atoms with Crippen molar-refractivity contribution in [2.45, 2.75) is 13.3 Å². The summed E-state index contributed by atoms with van der Waals surface area (Å²) >= 11 is 0. The van der Waals surface area contributed by atoms with Gasteiger partial charge in [-0.1, -0.05) is 6.07 Å². The van der Waals surface area contributed by atoms with Crippen LogP contribution in [0.1, 0.15) is 12.5 Å². The van der Waals surface area contributed by atoms with Crippen molar-refractivity contribution in [2.75, 3.05) is 11.9 Å². The molecule has 1 amide bonds. The molecule has 0 atom stereocenters. The predicted molar refractivity (Wildman–Crippen MR) is 63.2 cm³/mol. The van der Waals surface area contributed by atoms with E-state index in [0.717, 1.165) is 23.0 Å². The molecule has 84 valence electrons. The highest BCUT2D eigenvalue weighted by Crippen LogP contribution is 2.16. The molecule has 0 aliphatic heterocycles. The number of carbonyl (C=O) groups excluding carboxylic acids is 1. The highest BCUT2D eigenvalue weighted by atomic mass is 16.1. The summed E-state index contributed by atoms with van der Waals surface area (Å²) < 4.78 is 0. The number of carbonyl (C=O) groups is 1. The lowest BCUT2D eigenvalue weighted by atomic mass is 10.1. The highest BCUT2D eigenvalue weighted by Gasteiger charge is 2.04. The van der Waals surface area contributed by atoms with E-state index < -0.39 is 0 Å². The second-order valence-electron chi connectivity index (χ2n) is 3.66. The Morgan fingerprint density at radius 3 is 3.06 bits per heavy atom. The molecule has 0 saturated carbocycles. The molecule has 0 bridgehead atoms. The summed E-state index contributed by atoms with van der Waals surface area (Å²) in [5.74, 6) is 0.341. The molecule has 2 aromatic rings. The molecule has 0 spiro atoms. The fraction of sp³-hybridized carbons (Fsp3) is 0.273. The van der Waals surface area contributed by atoms with E-state index in [2.05, 4.69) is 15.3 Å². The summed E-state index contributed by atoms with van der Waals surface area (Å²) in [7, 11) is 0. The molecule has 0 unspecified atom stereocenters. The van der Waals surface area contributed by atoms with Gasteiger partial charge in [-0.15, -0.1) is 0 Å². The number of H-pyrrole nitrogens is 1. The van der Waals surface area contributed by atoms with Crippen molar-refractivity contribution < 1.29 is 4.79 Å². The molecule has 1 aromatic carbocycles. The largest absolute Gasteiger partial charge is 0.330 e. The first kappa shape index (κ1) is 10.6. The van der Waals surface area contributed by atoms with Gasteiger partial charge in [0.25, 0.3) is 0 Å². The molecule has 0 saturated heterocycles. The average Bonchev–Trinajstić information content (AvgIpc) is 2.58. The van der Waals surface area contributed by atoms with Crippen LogP contribution in [0.3, 0.4) is 0 Å². The molecule has 5 nitrogen and oxygen atoms in total. The van der Waals surface area contributed by atoms with Crippen molar-refractivity contribution in [1.82, 2.24) is 9.97 Å². The van der Waals surface area contributed by atoms with Gasteiger partial charge >= 0.3 is 0 Å². The van der Waals surface area contributed by atoms with Gasteiger partial charge in [-0.25, -0.2) is 4.98 Å².